The highest BCUT2D eigenvalue weighted by Gasteiger charge is 2.51. The van der Waals surface area contributed by atoms with Gasteiger partial charge in [0, 0.05) is 18.2 Å². The molecule has 2 fully saturated rings. The number of aromatic nitrogens is 1. The monoisotopic (exact) mass is 354 g/mol. The van der Waals surface area contributed by atoms with Gasteiger partial charge in [0.2, 0.25) is 0 Å². The molecule has 0 spiro atoms. The number of carbonyl (C=O) groups is 1. The first-order valence-corrected chi connectivity index (χ1v) is 7.97. The van der Waals surface area contributed by atoms with Crippen molar-refractivity contribution >= 4 is 5.97 Å². The molecule has 0 radical (unpaired) electrons. The van der Waals surface area contributed by atoms with Gasteiger partial charge < -0.3 is 25.2 Å². The number of rotatable bonds is 4. The van der Waals surface area contributed by atoms with Crippen LogP contribution in [0.25, 0.3) is 0 Å². The van der Waals surface area contributed by atoms with E-state index in [9.17, 15) is 25.0 Å². The molecule has 3 heterocycles. The van der Waals surface area contributed by atoms with Crippen LogP contribution in [-0.2, 0) is 9.53 Å². The number of carboxylic acids is 1. The van der Waals surface area contributed by atoms with E-state index in [-0.39, 0.29) is 6.04 Å². The number of pyridine rings is 1. The van der Waals surface area contributed by atoms with Gasteiger partial charge in [0.05, 0.1) is 11.3 Å². The molecule has 136 valence electrons. The van der Waals surface area contributed by atoms with E-state index in [1.165, 1.54) is 9.58 Å². The van der Waals surface area contributed by atoms with Gasteiger partial charge in [-0.15, -0.1) is 4.91 Å². The van der Waals surface area contributed by atoms with E-state index in [1.807, 2.05) is 0 Å². The molecule has 6 unspecified atom stereocenters. The zero-order valence-corrected chi connectivity index (χ0v) is 13.3. The number of hydrogen-bond acceptors (Lipinski definition) is 7. The fourth-order valence-corrected chi connectivity index (χ4v) is 3.37. The average Bonchev–Trinajstić information content (AvgIpc) is 3.08. The Hall–Kier alpha value is -2.14. The second-order valence-electron chi connectivity index (χ2n) is 6.24. The SMILES string of the molecule is O=NN1CCCC1c1ccc[n+](C2OC(C(=O)O)C(O)C(O)C2O)c1. The Kier molecular flexibility index (Phi) is 4.95. The van der Waals surface area contributed by atoms with E-state index in [0.29, 0.717) is 6.54 Å². The molecule has 1 aromatic heterocycles. The van der Waals surface area contributed by atoms with Gasteiger partial charge >= 0.3 is 5.97 Å². The van der Waals surface area contributed by atoms with E-state index in [0.717, 1.165) is 18.4 Å². The van der Waals surface area contributed by atoms with Crippen molar-refractivity contribution in [3.8, 4) is 0 Å². The highest BCUT2D eigenvalue weighted by molar-refractivity contribution is 5.73. The van der Waals surface area contributed by atoms with Gasteiger partial charge in [0.1, 0.15) is 12.2 Å². The molecule has 0 aromatic carbocycles. The summed E-state index contributed by atoms with van der Waals surface area (Å²) in [7, 11) is 0. The number of nitrogens with zero attached hydrogens (tertiary/aromatic N) is 3. The van der Waals surface area contributed by atoms with Crippen LogP contribution in [0.15, 0.2) is 29.8 Å². The third-order valence-electron chi connectivity index (χ3n) is 4.68. The van der Waals surface area contributed by atoms with Gasteiger partial charge in [0.25, 0.3) is 6.23 Å². The molecule has 0 bridgehead atoms. The molecule has 3 rings (SSSR count). The molecule has 0 aliphatic carbocycles. The van der Waals surface area contributed by atoms with Crippen LogP contribution in [0, 0.1) is 4.91 Å². The van der Waals surface area contributed by atoms with Gasteiger partial charge in [-0.2, -0.15) is 4.57 Å². The highest BCUT2D eigenvalue weighted by atomic mass is 16.6. The third-order valence-corrected chi connectivity index (χ3v) is 4.68. The minimum atomic E-state index is -1.74. The first kappa shape index (κ1) is 17.7. The van der Waals surface area contributed by atoms with E-state index in [2.05, 4.69) is 5.29 Å². The van der Waals surface area contributed by atoms with Crippen LogP contribution < -0.4 is 4.57 Å². The molecule has 10 heteroatoms. The molecule has 4 N–H and O–H groups in total. The van der Waals surface area contributed by atoms with Crippen LogP contribution in [0.1, 0.15) is 30.7 Å². The minimum Gasteiger partial charge on any atom is -0.479 e. The molecule has 10 nitrogen and oxygen atoms in total. The van der Waals surface area contributed by atoms with Crippen LogP contribution in [-0.4, -0.2) is 62.4 Å². The number of aliphatic carboxylic acids is 1. The van der Waals surface area contributed by atoms with Gasteiger partial charge in [-0.3, -0.25) is 5.01 Å². The van der Waals surface area contributed by atoms with Crippen molar-refractivity contribution in [1.82, 2.24) is 5.01 Å². The summed E-state index contributed by atoms with van der Waals surface area (Å²) >= 11 is 0. The Morgan fingerprint density at radius 1 is 1.28 bits per heavy atom. The molecule has 0 amide bonds. The Labute approximate surface area is 142 Å². The van der Waals surface area contributed by atoms with E-state index in [1.54, 1.807) is 24.5 Å². The average molecular weight is 354 g/mol. The van der Waals surface area contributed by atoms with Crippen LogP contribution in [0.4, 0.5) is 0 Å². The van der Waals surface area contributed by atoms with Crippen LogP contribution >= 0.6 is 0 Å². The molecular weight excluding hydrogens is 334 g/mol. The van der Waals surface area contributed by atoms with Crippen molar-refractivity contribution in [3.63, 3.8) is 0 Å². The van der Waals surface area contributed by atoms with Crippen molar-refractivity contribution in [2.45, 2.75) is 49.5 Å². The standard InChI is InChI=1S/C15H19N3O7/c19-10-11(20)13(15(22)23)25-14(12(10)21)17-5-1-3-8(7-17)9-4-2-6-18(9)16-24/h1,3,5,7,9-14,19-21H,2,4,6H2/p+1. The predicted octanol–water partition coefficient (Wildman–Crippen LogP) is -1.14. The number of carboxylic acid groups (broad SMARTS) is 1. The summed E-state index contributed by atoms with van der Waals surface area (Å²) in [6.45, 7) is 0.553. The van der Waals surface area contributed by atoms with Gasteiger partial charge in [-0.1, -0.05) is 0 Å². The normalized spacial score (nSPS) is 35.6. The third kappa shape index (κ3) is 3.21. The summed E-state index contributed by atoms with van der Waals surface area (Å²) in [4.78, 5) is 22.1. The van der Waals surface area contributed by atoms with Crippen LogP contribution in [0.2, 0.25) is 0 Å². The van der Waals surface area contributed by atoms with Crippen molar-refractivity contribution < 1.29 is 34.5 Å². The maximum Gasteiger partial charge on any atom is 0.335 e. The van der Waals surface area contributed by atoms with Crippen LogP contribution in [0.3, 0.4) is 0 Å². The number of ether oxygens (including phenoxy) is 1. The van der Waals surface area contributed by atoms with Crippen molar-refractivity contribution in [3.05, 3.63) is 35.0 Å². The number of hydrogen-bond donors (Lipinski definition) is 4. The summed E-state index contributed by atoms with van der Waals surface area (Å²) in [6, 6.07) is 3.25. The quantitative estimate of drug-likeness (QED) is 0.392. The fourth-order valence-electron chi connectivity index (χ4n) is 3.37. The Morgan fingerprint density at radius 3 is 2.72 bits per heavy atom. The maximum atomic E-state index is 11.2. The van der Waals surface area contributed by atoms with Crippen molar-refractivity contribution in [2.75, 3.05) is 6.54 Å². The molecule has 1 aromatic rings. The van der Waals surface area contributed by atoms with Crippen molar-refractivity contribution in [2.24, 2.45) is 5.29 Å². The number of nitroso groups, excluding NO2 is 1. The molecule has 25 heavy (non-hydrogen) atoms. The lowest BCUT2D eigenvalue weighted by molar-refractivity contribution is -0.777. The number of aliphatic hydroxyl groups is 3. The fraction of sp³-hybridized carbons (Fsp3) is 0.600. The zero-order chi connectivity index (χ0) is 18.1. The van der Waals surface area contributed by atoms with E-state index in [4.69, 9.17) is 9.84 Å². The molecule has 2 aliphatic rings. The minimum absolute atomic E-state index is 0.212. The summed E-state index contributed by atoms with van der Waals surface area (Å²) in [5, 5.41) is 43.4. The van der Waals surface area contributed by atoms with Crippen LogP contribution in [0.5, 0.6) is 0 Å². The molecule has 2 aliphatic heterocycles. The van der Waals surface area contributed by atoms with Gasteiger partial charge in [0.15, 0.2) is 24.6 Å². The van der Waals surface area contributed by atoms with E-state index < -0.39 is 36.6 Å². The predicted molar refractivity (Wildman–Crippen MR) is 80.7 cm³/mol. The lowest BCUT2D eigenvalue weighted by Gasteiger charge is -2.35. The van der Waals surface area contributed by atoms with Crippen molar-refractivity contribution in [1.29, 1.82) is 0 Å². The topological polar surface area (TPSA) is 144 Å². The Bertz CT molecular complexity index is 658. The van der Waals surface area contributed by atoms with E-state index >= 15 is 0 Å². The molecule has 0 saturated carbocycles. The zero-order valence-electron chi connectivity index (χ0n) is 13.3. The summed E-state index contributed by atoms with van der Waals surface area (Å²) in [5.41, 5.74) is 0.753. The second-order valence-corrected chi connectivity index (χ2v) is 6.24. The Morgan fingerprint density at radius 2 is 2.04 bits per heavy atom. The lowest BCUT2D eigenvalue weighted by atomic mass is 9.97. The number of aliphatic hydroxyl groups excluding tert-OH is 3. The molecular formula is C15H20N3O7+. The Balaban J connectivity index is 1.89. The largest absolute Gasteiger partial charge is 0.479 e. The van der Waals surface area contributed by atoms with Gasteiger partial charge in [-0.05, 0) is 18.9 Å². The summed E-state index contributed by atoms with van der Waals surface area (Å²) < 4.78 is 6.73. The van der Waals surface area contributed by atoms with Gasteiger partial charge in [-0.25, -0.2) is 4.79 Å². The molecule has 6 atom stereocenters. The first-order valence-electron chi connectivity index (χ1n) is 7.97. The smallest absolute Gasteiger partial charge is 0.335 e. The second kappa shape index (κ2) is 7.00. The maximum absolute atomic E-state index is 11.2. The lowest BCUT2D eigenvalue weighted by Crippen LogP contribution is -2.63. The first-order chi connectivity index (χ1) is 11.9. The summed E-state index contributed by atoms with van der Waals surface area (Å²) in [6.07, 6.45) is -3.07. The summed E-state index contributed by atoms with van der Waals surface area (Å²) in [5.74, 6) is -1.44. The highest BCUT2D eigenvalue weighted by Crippen LogP contribution is 2.32. The molecule has 2 saturated heterocycles.